The van der Waals surface area contributed by atoms with Crippen LogP contribution in [0, 0.1) is 5.82 Å². The van der Waals surface area contributed by atoms with Gasteiger partial charge in [-0.15, -0.1) is 0 Å². The molecule has 2 N–H and O–H groups in total. The van der Waals surface area contributed by atoms with Crippen LogP contribution in [0.2, 0.25) is 0 Å². The number of amides is 1. The molecule has 5 heteroatoms. The van der Waals surface area contributed by atoms with E-state index in [4.69, 9.17) is 4.74 Å². The van der Waals surface area contributed by atoms with Gasteiger partial charge >= 0.3 is 0 Å². The summed E-state index contributed by atoms with van der Waals surface area (Å²) in [6, 6.07) is 22.0. The Morgan fingerprint density at radius 1 is 0.964 bits per heavy atom. The minimum atomic E-state index is -0.462. The zero-order valence-electron chi connectivity index (χ0n) is 15.9. The summed E-state index contributed by atoms with van der Waals surface area (Å²) < 4.78 is 19.7. The molecule has 4 nitrogen and oxygen atoms in total. The first-order chi connectivity index (χ1) is 13.5. The Morgan fingerprint density at radius 2 is 1.68 bits per heavy atom. The van der Waals surface area contributed by atoms with Crippen molar-refractivity contribution in [3.05, 3.63) is 78.6 Å². The minimum absolute atomic E-state index is 0.0336. The van der Waals surface area contributed by atoms with Crippen LogP contribution < -0.4 is 15.4 Å². The quantitative estimate of drug-likeness (QED) is 0.584. The molecule has 144 valence electrons. The van der Waals surface area contributed by atoms with Gasteiger partial charge in [0.15, 0.2) is 0 Å². The molecule has 0 fully saturated rings. The lowest BCUT2D eigenvalue weighted by molar-refractivity contribution is -0.114. The molecule has 3 rings (SSSR count). The first-order valence-corrected chi connectivity index (χ1v) is 9.17. The molecule has 1 amide bonds. The molecule has 0 bridgehead atoms. The van der Waals surface area contributed by atoms with E-state index in [1.165, 1.54) is 6.07 Å². The maximum Gasteiger partial charge on any atom is 0.243 e. The van der Waals surface area contributed by atoms with Crippen LogP contribution in [-0.2, 0) is 4.79 Å². The lowest BCUT2D eigenvalue weighted by Gasteiger charge is -2.13. The molecule has 0 aromatic heterocycles. The first-order valence-electron chi connectivity index (χ1n) is 9.17. The molecule has 0 aliphatic carbocycles. The standard InChI is InChI=1S/C23H23FN2O2/c1-16(2)28-18-12-13-22(20(24)14-18)25-15-23(27)26-21-11-7-6-10-19(21)17-8-4-3-5-9-17/h3-14,16,25H,15H2,1-2H3,(H,26,27). The van der Waals surface area contributed by atoms with E-state index in [2.05, 4.69) is 10.6 Å². The average Bonchev–Trinajstić information content (AvgIpc) is 2.68. The van der Waals surface area contributed by atoms with E-state index in [1.54, 1.807) is 12.1 Å². The first kappa shape index (κ1) is 19.4. The number of carbonyl (C=O) groups is 1. The fraction of sp³-hybridized carbons (Fsp3) is 0.174. The van der Waals surface area contributed by atoms with E-state index >= 15 is 0 Å². The molecule has 3 aromatic rings. The van der Waals surface area contributed by atoms with Crippen molar-refractivity contribution in [2.45, 2.75) is 20.0 Å². The predicted molar refractivity (Wildman–Crippen MR) is 111 cm³/mol. The van der Waals surface area contributed by atoms with Crippen molar-refractivity contribution in [2.75, 3.05) is 17.2 Å². The molecule has 0 heterocycles. The fourth-order valence-corrected chi connectivity index (χ4v) is 2.82. The monoisotopic (exact) mass is 378 g/mol. The Hall–Kier alpha value is -3.34. The molecule has 0 unspecified atom stereocenters. The number of halogens is 1. The molecule has 28 heavy (non-hydrogen) atoms. The lowest BCUT2D eigenvalue weighted by atomic mass is 10.0. The van der Waals surface area contributed by atoms with Gasteiger partial charge in [-0.1, -0.05) is 48.5 Å². The highest BCUT2D eigenvalue weighted by atomic mass is 19.1. The number of carbonyl (C=O) groups excluding carboxylic acids is 1. The summed E-state index contributed by atoms with van der Waals surface area (Å²) in [5, 5.41) is 5.72. The largest absolute Gasteiger partial charge is 0.491 e. The molecular weight excluding hydrogens is 355 g/mol. The van der Waals surface area contributed by atoms with Crippen LogP contribution in [0.25, 0.3) is 11.1 Å². The van der Waals surface area contributed by atoms with E-state index in [-0.39, 0.29) is 24.2 Å². The smallest absolute Gasteiger partial charge is 0.243 e. The SMILES string of the molecule is CC(C)Oc1ccc(NCC(=O)Nc2ccccc2-c2ccccc2)c(F)c1. The molecule has 3 aromatic carbocycles. The number of hydrogen-bond donors (Lipinski definition) is 2. The van der Waals surface area contributed by atoms with E-state index in [1.807, 2.05) is 68.4 Å². The van der Waals surface area contributed by atoms with Gasteiger partial charge < -0.3 is 15.4 Å². The average molecular weight is 378 g/mol. The van der Waals surface area contributed by atoms with Gasteiger partial charge in [-0.25, -0.2) is 4.39 Å². The van der Waals surface area contributed by atoms with Crippen molar-refractivity contribution in [3.63, 3.8) is 0 Å². The molecule has 0 saturated carbocycles. The zero-order chi connectivity index (χ0) is 19.9. The molecular formula is C23H23FN2O2. The third kappa shape index (κ3) is 5.10. The summed E-state index contributed by atoms with van der Waals surface area (Å²) >= 11 is 0. The highest BCUT2D eigenvalue weighted by Crippen LogP contribution is 2.27. The fourth-order valence-electron chi connectivity index (χ4n) is 2.82. The van der Waals surface area contributed by atoms with Crippen molar-refractivity contribution >= 4 is 17.3 Å². The second kappa shape index (κ2) is 9.04. The number of anilines is 2. The number of nitrogens with one attached hydrogen (secondary N) is 2. The van der Waals surface area contributed by atoms with E-state index in [9.17, 15) is 9.18 Å². The predicted octanol–water partition coefficient (Wildman–Crippen LogP) is 5.33. The van der Waals surface area contributed by atoms with Gasteiger partial charge in [0.25, 0.3) is 0 Å². The van der Waals surface area contributed by atoms with Crippen molar-refractivity contribution in [1.29, 1.82) is 0 Å². The maximum absolute atomic E-state index is 14.2. The molecule has 0 aliphatic rings. The summed E-state index contributed by atoms with van der Waals surface area (Å²) in [5.74, 6) is -0.264. The van der Waals surface area contributed by atoms with Crippen LogP contribution in [0.4, 0.5) is 15.8 Å². The van der Waals surface area contributed by atoms with E-state index in [0.717, 1.165) is 11.1 Å². The molecule has 0 spiro atoms. The van der Waals surface area contributed by atoms with Gasteiger partial charge in [-0.3, -0.25) is 4.79 Å². The Labute approximate surface area is 164 Å². The van der Waals surface area contributed by atoms with Crippen LogP contribution in [0.3, 0.4) is 0 Å². The van der Waals surface area contributed by atoms with Crippen LogP contribution >= 0.6 is 0 Å². The molecule has 0 radical (unpaired) electrons. The number of rotatable bonds is 7. The molecule has 0 atom stereocenters. The summed E-state index contributed by atoms with van der Waals surface area (Å²) in [6.45, 7) is 3.70. The highest BCUT2D eigenvalue weighted by molar-refractivity contribution is 5.97. The van der Waals surface area contributed by atoms with Crippen LogP contribution in [0.1, 0.15) is 13.8 Å². The number of hydrogen-bond acceptors (Lipinski definition) is 3. The number of para-hydroxylation sites is 1. The van der Waals surface area contributed by atoms with Crippen molar-refractivity contribution in [2.24, 2.45) is 0 Å². The van der Waals surface area contributed by atoms with E-state index in [0.29, 0.717) is 11.4 Å². The third-order valence-electron chi connectivity index (χ3n) is 4.04. The second-order valence-electron chi connectivity index (χ2n) is 6.62. The number of benzene rings is 3. The van der Waals surface area contributed by atoms with Gasteiger partial charge in [-0.05, 0) is 37.6 Å². The summed E-state index contributed by atoms with van der Waals surface area (Å²) in [5.41, 5.74) is 2.90. The molecule has 0 saturated heterocycles. The van der Waals surface area contributed by atoms with Crippen LogP contribution in [0.5, 0.6) is 5.75 Å². The van der Waals surface area contributed by atoms with Crippen molar-refractivity contribution < 1.29 is 13.9 Å². The Kier molecular flexibility index (Phi) is 6.27. The highest BCUT2D eigenvalue weighted by Gasteiger charge is 2.10. The van der Waals surface area contributed by atoms with Crippen molar-refractivity contribution in [1.82, 2.24) is 0 Å². The normalized spacial score (nSPS) is 10.6. The maximum atomic E-state index is 14.2. The van der Waals surface area contributed by atoms with Crippen molar-refractivity contribution in [3.8, 4) is 16.9 Å². The van der Waals surface area contributed by atoms with Gasteiger partial charge in [0.05, 0.1) is 18.3 Å². The second-order valence-corrected chi connectivity index (χ2v) is 6.62. The Morgan fingerprint density at radius 3 is 2.39 bits per heavy atom. The third-order valence-corrected chi connectivity index (χ3v) is 4.04. The molecule has 0 aliphatic heterocycles. The van der Waals surface area contributed by atoms with E-state index < -0.39 is 5.82 Å². The summed E-state index contributed by atoms with van der Waals surface area (Å²) in [7, 11) is 0. The lowest BCUT2D eigenvalue weighted by Crippen LogP contribution is -2.22. The van der Waals surface area contributed by atoms with Gasteiger partial charge in [-0.2, -0.15) is 0 Å². The van der Waals surface area contributed by atoms with Gasteiger partial charge in [0.1, 0.15) is 11.6 Å². The Balaban J connectivity index is 1.64. The van der Waals surface area contributed by atoms with Crippen LogP contribution in [-0.4, -0.2) is 18.6 Å². The summed E-state index contributed by atoms with van der Waals surface area (Å²) in [6.07, 6.45) is -0.0336. The van der Waals surface area contributed by atoms with Gasteiger partial charge in [0.2, 0.25) is 5.91 Å². The van der Waals surface area contributed by atoms with Gasteiger partial charge in [0, 0.05) is 17.3 Å². The van der Waals surface area contributed by atoms with Crippen LogP contribution in [0.15, 0.2) is 72.8 Å². The minimum Gasteiger partial charge on any atom is -0.491 e. The zero-order valence-corrected chi connectivity index (χ0v) is 15.9. The summed E-state index contributed by atoms with van der Waals surface area (Å²) in [4.78, 5) is 12.4. The Bertz CT molecular complexity index is 942. The number of ether oxygens (including phenoxy) is 1. The topological polar surface area (TPSA) is 50.4 Å².